The minimum atomic E-state index is 0.558. The highest BCUT2D eigenvalue weighted by atomic mass is 79.9. The Bertz CT molecular complexity index is 767. The van der Waals surface area contributed by atoms with Crippen molar-refractivity contribution in [1.29, 1.82) is 0 Å². The standard InChI is InChI=1S/C16H18BrN5/c1-11(2)6-13-7-15(19-9-12-4-3-5-18-8-12)22-16(21-13)14(17)10-20-22/h3-5,7-8,10-11,19H,6,9H2,1-2H3. The van der Waals surface area contributed by atoms with E-state index in [-0.39, 0.29) is 0 Å². The number of fused-ring (bicyclic) bond motifs is 1. The van der Waals surface area contributed by atoms with Gasteiger partial charge in [0.15, 0.2) is 5.65 Å². The molecule has 3 aromatic rings. The van der Waals surface area contributed by atoms with Gasteiger partial charge in [-0.3, -0.25) is 4.98 Å². The summed E-state index contributed by atoms with van der Waals surface area (Å²) in [6, 6.07) is 6.06. The molecule has 5 nitrogen and oxygen atoms in total. The van der Waals surface area contributed by atoms with E-state index < -0.39 is 0 Å². The molecule has 0 saturated heterocycles. The summed E-state index contributed by atoms with van der Waals surface area (Å²) < 4.78 is 2.73. The fourth-order valence-electron chi connectivity index (χ4n) is 2.33. The molecule has 0 atom stereocenters. The lowest BCUT2D eigenvalue weighted by molar-refractivity contribution is 0.635. The lowest BCUT2D eigenvalue weighted by Crippen LogP contribution is -2.08. The van der Waals surface area contributed by atoms with Crippen LogP contribution in [0.1, 0.15) is 25.1 Å². The average Bonchev–Trinajstić information content (AvgIpc) is 2.87. The summed E-state index contributed by atoms with van der Waals surface area (Å²) in [7, 11) is 0. The summed E-state index contributed by atoms with van der Waals surface area (Å²) in [5.74, 6) is 1.50. The molecule has 3 rings (SSSR count). The van der Waals surface area contributed by atoms with Crippen molar-refractivity contribution in [1.82, 2.24) is 19.6 Å². The van der Waals surface area contributed by atoms with Gasteiger partial charge in [0.05, 0.1) is 10.7 Å². The Morgan fingerprint density at radius 3 is 2.91 bits per heavy atom. The minimum Gasteiger partial charge on any atom is -0.366 e. The maximum Gasteiger partial charge on any atom is 0.171 e. The largest absolute Gasteiger partial charge is 0.366 e. The molecule has 0 unspecified atom stereocenters. The maximum atomic E-state index is 4.69. The van der Waals surface area contributed by atoms with Gasteiger partial charge in [-0.2, -0.15) is 9.61 Å². The van der Waals surface area contributed by atoms with Crippen molar-refractivity contribution >= 4 is 27.4 Å². The Morgan fingerprint density at radius 2 is 2.18 bits per heavy atom. The van der Waals surface area contributed by atoms with E-state index in [4.69, 9.17) is 4.98 Å². The summed E-state index contributed by atoms with van der Waals surface area (Å²) >= 11 is 3.51. The average molecular weight is 360 g/mol. The first kappa shape index (κ1) is 15.0. The molecule has 114 valence electrons. The topological polar surface area (TPSA) is 55.1 Å². The quantitative estimate of drug-likeness (QED) is 0.754. The van der Waals surface area contributed by atoms with E-state index in [0.29, 0.717) is 12.5 Å². The minimum absolute atomic E-state index is 0.558. The third-order valence-electron chi connectivity index (χ3n) is 3.30. The van der Waals surface area contributed by atoms with Gasteiger partial charge in [0.1, 0.15) is 5.82 Å². The van der Waals surface area contributed by atoms with Crippen LogP contribution in [-0.2, 0) is 13.0 Å². The molecule has 0 bridgehead atoms. The third-order valence-corrected chi connectivity index (χ3v) is 3.86. The predicted octanol–water partition coefficient (Wildman–Crippen LogP) is 3.70. The smallest absolute Gasteiger partial charge is 0.171 e. The number of nitrogens with one attached hydrogen (secondary N) is 1. The highest BCUT2D eigenvalue weighted by Gasteiger charge is 2.11. The molecule has 0 amide bonds. The van der Waals surface area contributed by atoms with Gasteiger partial charge in [0.2, 0.25) is 0 Å². The highest BCUT2D eigenvalue weighted by molar-refractivity contribution is 9.10. The number of nitrogens with zero attached hydrogens (tertiary/aromatic N) is 4. The second-order valence-corrected chi connectivity index (χ2v) is 6.53. The van der Waals surface area contributed by atoms with E-state index in [1.54, 1.807) is 12.4 Å². The molecule has 22 heavy (non-hydrogen) atoms. The number of anilines is 1. The maximum absolute atomic E-state index is 4.69. The van der Waals surface area contributed by atoms with Crippen LogP contribution in [0.2, 0.25) is 0 Å². The number of rotatable bonds is 5. The molecule has 0 aliphatic carbocycles. The zero-order valence-electron chi connectivity index (χ0n) is 12.6. The van der Waals surface area contributed by atoms with Crippen molar-refractivity contribution in [2.45, 2.75) is 26.8 Å². The summed E-state index contributed by atoms with van der Waals surface area (Å²) in [5.41, 5.74) is 3.04. The molecular formula is C16H18BrN5. The molecule has 1 N–H and O–H groups in total. The van der Waals surface area contributed by atoms with Gasteiger partial charge in [0.25, 0.3) is 0 Å². The molecule has 0 aliphatic heterocycles. The van der Waals surface area contributed by atoms with Crippen LogP contribution in [0.3, 0.4) is 0 Å². The van der Waals surface area contributed by atoms with Crippen LogP contribution in [-0.4, -0.2) is 19.6 Å². The van der Waals surface area contributed by atoms with Crippen molar-refractivity contribution in [2.24, 2.45) is 5.92 Å². The number of halogens is 1. The van der Waals surface area contributed by atoms with E-state index in [1.165, 1.54) is 0 Å². The van der Waals surface area contributed by atoms with Gasteiger partial charge in [-0.25, -0.2) is 4.98 Å². The van der Waals surface area contributed by atoms with Crippen molar-refractivity contribution in [3.63, 3.8) is 0 Å². The lowest BCUT2D eigenvalue weighted by Gasteiger charge is -2.11. The molecule has 6 heteroatoms. The molecule has 3 aromatic heterocycles. The Balaban J connectivity index is 1.92. The molecule has 0 aromatic carbocycles. The molecule has 0 saturated carbocycles. The molecular weight excluding hydrogens is 342 g/mol. The molecule has 0 spiro atoms. The first-order valence-electron chi connectivity index (χ1n) is 7.29. The number of pyridine rings is 1. The first-order valence-corrected chi connectivity index (χ1v) is 8.08. The zero-order chi connectivity index (χ0) is 15.5. The second kappa shape index (κ2) is 6.44. The lowest BCUT2D eigenvalue weighted by atomic mass is 10.1. The molecule has 0 aliphatic rings. The van der Waals surface area contributed by atoms with Crippen LogP contribution in [0.15, 0.2) is 41.3 Å². The van der Waals surface area contributed by atoms with Crippen LogP contribution in [0.25, 0.3) is 5.65 Å². The van der Waals surface area contributed by atoms with Crippen molar-refractivity contribution in [2.75, 3.05) is 5.32 Å². The van der Waals surface area contributed by atoms with E-state index in [1.807, 2.05) is 22.8 Å². The van der Waals surface area contributed by atoms with Crippen LogP contribution >= 0.6 is 15.9 Å². The van der Waals surface area contributed by atoms with Crippen molar-refractivity contribution < 1.29 is 0 Å². The van der Waals surface area contributed by atoms with Crippen LogP contribution in [0.5, 0.6) is 0 Å². The van der Waals surface area contributed by atoms with Gasteiger partial charge in [-0.1, -0.05) is 19.9 Å². The molecule has 0 radical (unpaired) electrons. The van der Waals surface area contributed by atoms with Crippen LogP contribution in [0.4, 0.5) is 5.82 Å². The Kier molecular flexibility index (Phi) is 4.38. The van der Waals surface area contributed by atoms with E-state index in [2.05, 4.69) is 51.2 Å². The Labute approximate surface area is 137 Å². The second-order valence-electron chi connectivity index (χ2n) is 5.67. The van der Waals surface area contributed by atoms with E-state index in [9.17, 15) is 0 Å². The SMILES string of the molecule is CC(C)Cc1cc(NCc2cccnc2)n2ncc(Br)c2n1. The number of hydrogen-bond acceptors (Lipinski definition) is 4. The highest BCUT2D eigenvalue weighted by Crippen LogP contribution is 2.22. The van der Waals surface area contributed by atoms with Gasteiger partial charge in [-0.15, -0.1) is 0 Å². The summed E-state index contributed by atoms with van der Waals surface area (Å²) in [6.07, 6.45) is 6.35. The fraction of sp³-hybridized carbons (Fsp3) is 0.312. The first-order chi connectivity index (χ1) is 10.6. The van der Waals surface area contributed by atoms with E-state index >= 15 is 0 Å². The van der Waals surface area contributed by atoms with Gasteiger partial charge >= 0.3 is 0 Å². The van der Waals surface area contributed by atoms with Gasteiger partial charge < -0.3 is 5.32 Å². The van der Waals surface area contributed by atoms with Crippen molar-refractivity contribution in [3.8, 4) is 0 Å². The van der Waals surface area contributed by atoms with Crippen LogP contribution in [0, 0.1) is 5.92 Å². The monoisotopic (exact) mass is 359 g/mol. The normalized spacial score (nSPS) is 11.3. The fourth-order valence-corrected chi connectivity index (χ4v) is 2.68. The third kappa shape index (κ3) is 3.27. The van der Waals surface area contributed by atoms with E-state index in [0.717, 1.165) is 33.6 Å². The number of aromatic nitrogens is 4. The summed E-state index contributed by atoms with van der Waals surface area (Å²) in [6.45, 7) is 5.09. The molecule has 0 fully saturated rings. The molecule has 3 heterocycles. The van der Waals surface area contributed by atoms with Crippen molar-refractivity contribution in [3.05, 3.63) is 52.5 Å². The van der Waals surface area contributed by atoms with Gasteiger partial charge in [-0.05, 0) is 39.9 Å². The predicted molar refractivity (Wildman–Crippen MR) is 90.8 cm³/mol. The summed E-state index contributed by atoms with van der Waals surface area (Å²) in [4.78, 5) is 8.83. The number of hydrogen-bond donors (Lipinski definition) is 1. The zero-order valence-corrected chi connectivity index (χ0v) is 14.2. The van der Waals surface area contributed by atoms with Crippen LogP contribution < -0.4 is 5.32 Å². The van der Waals surface area contributed by atoms with Gasteiger partial charge in [0, 0.05) is 30.7 Å². The summed E-state index contributed by atoms with van der Waals surface area (Å²) in [5, 5.41) is 7.81. The Morgan fingerprint density at radius 1 is 1.32 bits per heavy atom. The Hall–Kier alpha value is -1.95.